The SMILES string of the molecule is CCCCOCCOc1ccc(-c2ccc(OCC(C)C)c(/C=C/C(=O)Cc3ccc([S@@](=O)Cc4cncn4CCC)cc3)c2)cc1. The lowest BCUT2D eigenvalue weighted by Gasteiger charge is -2.13. The Morgan fingerprint density at radius 3 is 2.40 bits per heavy atom. The van der Waals surface area contributed by atoms with Crippen LogP contribution >= 0.6 is 0 Å². The second kappa shape index (κ2) is 19.0. The molecule has 0 saturated carbocycles. The minimum Gasteiger partial charge on any atom is -0.493 e. The molecule has 0 N–H and O–H groups in total. The molecule has 47 heavy (non-hydrogen) atoms. The lowest BCUT2D eigenvalue weighted by Crippen LogP contribution is -2.07. The first-order valence-electron chi connectivity index (χ1n) is 16.6. The van der Waals surface area contributed by atoms with Crippen molar-refractivity contribution in [1.29, 1.82) is 0 Å². The molecular weight excluding hydrogens is 609 g/mol. The van der Waals surface area contributed by atoms with Gasteiger partial charge in [-0.15, -0.1) is 0 Å². The quantitative estimate of drug-likeness (QED) is 0.0703. The normalized spacial score (nSPS) is 12.1. The van der Waals surface area contributed by atoms with Crippen LogP contribution in [0.1, 0.15) is 63.8 Å². The summed E-state index contributed by atoms with van der Waals surface area (Å²) in [4.78, 5) is 18.0. The van der Waals surface area contributed by atoms with Crippen molar-refractivity contribution in [3.63, 3.8) is 0 Å². The van der Waals surface area contributed by atoms with Crippen molar-refractivity contribution in [2.75, 3.05) is 26.4 Å². The summed E-state index contributed by atoms with van der Waals surface area (Å²) in [7, 11) is -1.19. The zero-order valence-corrected chi connectivity index (χ0v) is 29.0. The number of ketones is 1. The Bertz CT molecular complexity index is 1590. The van der Waals surface area contributed by atoms with Gasteiger partial charge in [-0.2, -0.15) is 0 Å². The van der Waals surface area contributed by atoms with Crippen LogP contribution in [-0.2, 0) is 39.0 Å². The van der Waals surface area contributed by atoms with Gasteiger partial charge in [0.05, 0.1) is 41.8 Å². The average Bonchev–Trinajstić information content (AvgIpc) is 3.51. The topological polar surface area (TPSA) is 79.7 Å². The van der Waals surface area contributed by atoms with Gasteiger partial charge < -0.3 is 18.8 Å². The number of hydrogen-bond acceptors (Lipinski definition) is 6. The number of rotatable bonds is 20. The molecule has 4 rings (SSSR count). The standard InChI is InChI=1S/C39H48N2O5S/c1-5-7-21-44-22-23-45-37-15-11-32(12-16-37)33-13-19-39(46-27-30(3)4)34(25-33)10-14-36(42)24-31-8-17-38(18-9-31)47(43)28-35-26-40-29-41(35)20-6-2/h8-19,25-26,29-30H,5-7,20-24,27-28H2,1-4H3/b14-10+/t47-/m0/s1. The summed E-state index contributed by atoms with van der Waals surface area (Å²) in [6.07, 6.45) is 10.4. The molecule has 4 aromatic rings. The van der Waals surface area contributed by atoms with Crippen LogP contribution in [-0.4, -0.2) is 46.0 Å². The highest BCUT2D eigenvalue weighted by molar-refractivity contribution is 7.84. The molecule has 0 aliphatic heterocycles. The van der Waals surface area contributed by atoms with Gasteiger partial charge in [0, 0.05) is 36.2 Å². The van der Waals surface area contributed by atoms with Gasteiger partial charge in [-0.1, -0.05) is 64.4 Å². The molecular formula is C39H48N2O5S. The highest BCUT2D eigenvalue weighted by Crippen LogP contribution is 2.29. The first-order chi connectivity index (χ1) is 22.9. The predicted molar refractivity (Wildman–Crippen MR) is 190 cm³/mol. The van der Waals surface area contributed by atoms with Crippen molar-refractivity contribution in [2.45, 2.75) is 70.6 Å². The average molecular weight is 657 g/mol. The molecule has 0 amide bonds. The minimum absolute atomic E-state index is 0.0253. The van der Waals surface area contributed by atoms with E-state index in [9.17, 15) is 9.00 Å². The molecule has 0 saturated heterocycles. The van der Waals surface area contributed by atoms with Gasteiger partial charge in [0.2, 0.25) is 0 Å². The summed E-state index contributed by atoms with van der Waals surface area (Å²) < 4.78 is 32.5. The summed E-state index contributed by atoms with van der Waals surface area (Å²) in [5.41, 5.74) is 4.73. The van der Waals surface area contributed by atoms with E-state index in [1.54, 1.807) is 18.6 Å². The zero-order chi connectivity index (χ0) is 33.4. The van der Waals surface area contributed by atoms with Crippen molar-refractivity contribution in [1.82, 2.24) is 9.55 Å². The number of nitrogens with zero attached hydrogens (tertiary/aromatic N) is 2. The Morgan fingerprint density at radius 1 is 0.915 bits per heavy atom. The molecule has 0 radical (unpaired) electrons. The Kier molecular flexibility index (Phi) is 14.5. The van der Waals surface area contributed by atoms with E-state index in [4.69, 9.17) is 14.2 Å². The maximum Gasteiger partial charge on any atom is 0.160 e. The molecule has 1 atom stereocenters. The molecule has 3 aromatic carbocycles. The summed E-state index contributed by atoms with van der Waals surface area (Å²) in [5, 5.41) is 0. The predicted octanol–water partition coefficient (Wildman–Crippen LogP) is 8.32. The van der Waals surface area contributed by atoms with Gasteiger partial charge in [0.1, 0.15) is 18.1 Å². The van der Waals surface area contributed by atoms with Gasteiger partial charge in [-0.3, -0.25) is 9.00 Å². The fraction of sp³-hybridized carbons (Fsp3) is 0.385. The fourth-order valence-electron chi connectivity index (χ4n) is 4.89. The van der Waals surface area contributed by atoms with Gasteiger partial charge in [-0.25, -0.2) is 4.98 Å². The molecule has 0 aliphatic carbocycles. The second-order valence-electron chi connectivity index (χ2n) is 12.0. The summed E-state index contributed by atoms with van der Waals surface area (Å²) in [6, 6.07) is 21.5. The van der Waals surface area contributed by atoms with Crippen LogP contribution in [0, 0.1) is 5.92 Å². The van der Waals surface area contributed by atoms with Gasteiger partial charge >= 0.3 is 0 Å². The molecule has 0 spiro atoms. The van der Waals surface area contributed by atoms with E-state index in [1.165, 1.54) is 0 Å². The van der Waals surface area contributed by atoms with Gasteiger partial charge in [0.15, 0.2) is 5.78 Å². The van der Waals surface area contributed by atoms with E-state index in [2.05, 4.69) is 32.7 Å². The highest BCUT2D eigenvalue weighted by atomic mass is 32.2. The third-order valence-corrected chi connectivity index (χ3v) is 8.82. The van der Waals surface area contributed by atoms with Crippen molar-refractivity contribution in [3.8, 4) is 22.6 Å². The van der Waals surface area contributed by atoms with Crippen LogP contribution in [0.5, 0.6) is 11.5 Å². The van der Waals surface area contributed by atoms with Crippen LogP contribution in [0.2, 0.25) is 0 Å². The number of benzene rings is 3. The van der Waals surface area contributed by atoms with Crippen LogP contribution in [0.4, 0.5) is 0 Å². The monoisotopic (exact) mass is 656 g/mol. The molecule has 0 bridgehead atoms. The van der Waals surface area contributed by atoms with Gasteiger partial charge in [0.25, 0.3) is 0 Å². The number of ether oxygens (including phenoxy) is 3. The van der Waals surface area contributed by atoms with Crippen LogP contribution in [0.25, 0.3) is 17.2 Å². The molecule has 8 heteroatoms. The lowest BCUT2D eigenvalue weighted by molar-refractivity contribution is -0.113. The molecule has 7 nitrogen and oxygen atoms in total. The van der Waals surface area contributed by atoms with Crippen molar-refractivity contribution in [3.05, 3.63) is 102 Å². The maximum absolute atomic E-state index is 13.0. The zero-order valence-electron chi connectivity index (χ0n) is 28.2. The summed E-state index contributed by atoms with van der Waals surface area (Å²) >= 11 is 0. The van der Waals surface area contributed by atoms with Crippen LogP contribution in [0.15, 0.2) is 90.2 Å². The number of hydrogen-bond donors (Lipinski definition) is 0. The Balaban J connectivity index is 1.39. The van der Waals surface area contributed by atoms with E-state index in [-0.39, 0.29) is 12.2 Å². The van der Waals surface area contributed by atoms with Gasteiger partial charge in [-0.05, 0) is 84.0 Å². The molecule has 0 unspecified atom stereocenters. The van der Waals surface area contributed by atoms with Crippen molar-refractivity contribution < 1.29 is 23.2 Å². The third kappa shape index (κ3) is 11.6. The Labute approximate surface area is 282 Å². The number of carbonyl (C=O) groups is 1. The number of imidazole rings is 1. The molecule has 0 aliphatic rings. The van der Waals surface area contributed by atoms with E-state index in [1.807, 2.05) is 77.4 Å². The van der Waals surface area contributed by atoms with E-state index < -0.39 is 10.8 Å². The van der Waals surface area contributed by atoms with E-state index in [0.29, 0.717) is 31.5 Å². The first kappa shape index (κ1) is 35.8. The number of aryl methyl sites for hydroxylation is 1. The van der Waals surface area contributed by atoms with Crippen LogP contribution in [0.3, 0.4) is 0 Å². The number of allylic oxidation sites excluding steroid dienone is 1. The lowest BCUT2D eigenvalue weighted by atomic mass is 10.0. The highest BCUT2D eigenvalue weighted by Gasteiger charge is 2.11. The summed E-state index contributed by atoms with van der Waals surface area (Å²) in [6.45, 7) is 11.8. The molecule has 1 heterocycles. The Hall–Kier alpha value is -4.01. The second-order valence-corrected chi connectivity index (χ2v) is 13.4. The van der Waals surface area contributed by atoms with E-state index in [0.717, 1.165) is 76.8 Å². The fourth-order valence-corrected chi connectivity index (χ4v) is 6.00. The van der Waals surface area contributed by atoms with Crippen molar-refractivity contribution in [2.24, 2.45) is 5.92 Å². The van der Waals surface area contributed by atoms with Crippen LogP contribution < -0.4 is 9.47 Å². The largest absolute Gasteiger partial charge is 0.493 e. The van der Waals surface area contributed by atoms with E-state index >= 15 is 0 Å². The first-order valence-corrected chi connectivity index (χ1v) is 17.9. The molecule has 250 valence electrons. The third-order valence-electron chi connectivity index (χ3n) is 7.46. The molecule has 0 fully saturated rings. The van der Waals surface area contributed by atoms with Crippen molar-refractivity contribution >= 4 is 22.7 Å². The Morgan fingerprint density at radius 2 is 1.68 bits per heavy atom. The number of unbranched alkanes of at least 4 members (excludes halogenated alkanes) is 1. The molecule has 1 aromatic heterocycles. The summed E-state index contributed by atoms with van der Waals surface area (Å²) in [5.74, 6) is 2.29. The number of aromatic nitrogens is 2. The minimum atomic E-state index is -1.19. The number of carbonyl (C=O) groups excluding carboxylic acids is 1. The maximum atomic E-state index is 13.0. The smallest absolute Gasteiger partial charge is 0.160 e.